The van der Waals surface area contributed by atoms with Gasteiger partial charge in [-0.15, -0.1) is 6.42 Å². The van der Waals surface area contributed by atoms with Crippen LogP contribution < -0.4 is 15.4 Å². The van der Waals surface area contributed by atoms with Crippen LogP contribution in [-0.2, 0) is 6.54 Å². The van der Waals surface area contributed by atoms with Gasteiger partial charge in [-0.05, 0) is 24.3 Å². The molecule has 0 aliphatic rings. The molecule has 0 aliphatic heterocycles. The largest absolute Gasteiger partial charge is 0.479 e. The summed E-state index contributed by atoms with van der Waals surface area (Å²) in [6, 6.07) is 8.67. The summed E-state index contributed by atoms with van der Waals surface area (Å²) in [7, 11) is 0. The standard InChI is InChI=1S/C16H14FN3O2/c1-2-9-22-15-7-6-12(17)10-14(15)20-16(21)19-11-13-5-3-4-8-18-13/h1,3-8,10H,9,11H2,(H2,19,20,21). The monoisotopic (exact) mass is 299 g/mol. The van der Waals surface area contributed by atoms with Crippen molar-refractivity contribution in [3.8, 4) is 18.1 Å². The summed E-state index contributed by atoms with van der Waals surface area (Å²) in [4.78, 5) is 15.9. The first-order valence-electron chi connectivity index (χ1n) is 6.49. The molecular weight excluding hydrogens is 285 g/mol. The Morgan fingerprint density at radius 3 is 2.95 bits per heavy atom. The van der Waals surface area contributed by atoms with Gasteiger partial charge >= 0.3 is 6.03 Å². The molecule has 0 radical (unpaired) electrons. The van der Waals surface area contributed by atoms with Crippen molar-refractivity contribution in [2.24, 2.45) is 0 Å². The number of pyridine rings is 1. The summed E-state index contributed by atoms with van der Waals surface area (Å²) in [5, 5.41) is 5.14. The first-order chi connectivity index (χ1) is 10.7. The summed E-state index contributed by atoms with van der Waals surface area (Å²) >= 11 is 0. The minimum atomic E-state index is -0.498. The molecule has 0 fully saturated rings. The lowest BCUT2D eigenvalue weighted by Crippen LogP contribution is -2.28. The predicted octanol–water partition coefficient (Wildman–Crippen LogP) is 2.55. The number of carbonyl (C=O) groups excluding carboxylic acids is 1. The number of nitrogens with one attached hydrogen (secondary N) is 2. The Balaban J connectivity index is 1.98. The number of carbonyl (C=O) groups is 1. The summed E-state index contributed by atoms with van der Waals surface area (Å²) in [6.45, 7) is 0.276. The fourth-order valence-electron chi connectivity index (χ4n) is 1.69. The Hall–Kier alpha value is -3.07. The third kappa shape index (κ3) is 4.49. The molecule has 2 amide bonds. The number of rotatable bonds is 5. The number of anilines is 1. The van der Waals surface area contributed by atoms with Gasteiger partial charge in [-0.3, -0.25) is 4.98 Å². The van der Waals surface area contributed by atoms with Gasteiger partial charge in [-0.2, -0.15) is 0 Å². The lowest BCUT2D eigenvalue weighted by molar-refractivity contribution is 0.251. The molecule has 0 aliphatic carbocycles. The van der Waals surface area contributed by atoms with Crippen molar-refractivity contribution in [1.29, 1.82) is 0 Å². The van der Waals surface area contributed by atoms with Crippen LogP contribution in [0.1, 0.15) is 5.69 Å². The van der Waals surface area contributed by atoms with Gasteiger partial charge in [-0.25, -0.2) is 9.18 Å². The van der Waals surface area contributed by atoms with Crippen LogP contribution in [0.15, 0.2) is 42.6 Å². The Kier molecular flexibility index (Phi) is 5.32. The molecule has 2 rings (SSSR count). The van der Waals surface area contributed by atoms with Crippen LogP contribution in [0.2, 0.25) is 0 Å². The molecule has 6 heteroatoms. The van der Waals surface area contributed by atoms with Gasteiger partial charge in [0.2, 0.25) is 0 Å². The first-order valence-corrected chi connectivity index (χ1v) is 6.49. The highest BCUT2D eigenvalue weighted by molar-refractivity contribution is 5.90. The maximum absolute atomic E-state index is 13.3. The maximum Gasteiger partial charge on any atom is 0.319 e. The number of nitrogens with zero attached hydrogens (tertiary/aromatic N) is 1. The number of benzene rings is 1. The lowest BCUT2D eigenvalue weighted by atomic mass is 10.3. The molecule has 2 N–H and O–H groups in total. The summed E-state index contributed by atoms with van der Waals surface area (Å²) < 4.78 is 18.5. The smallest absolute Gasteiger partial charge is 0.319 e. The number of amides is 2. The minimum absolute atomic E-state index is 0.0237. The van der Waals surface area contributed by atoms with Crippen molar-refractivity contribution in [2.75, 3.05) is 11.9 Å². The zero-order valence-electron chi connectivity index (χ0n) is 11.7. The van der Waals surface area contributed by atoms with Crippen molar-refractivity contribution in [2.45, 2.75) is 6.54 Å². The van der Waals surface area contributed by atoms with Crippen LogP contribution >= 0.6 is 0 Å². The third-order valence-electron chi connectivity index (χ3n) is 2.66. The number of aromatic nitrogens is 1. The molecule has 0 saturated heterocycles. The van der Waals surface area contributed by atoms with Gasteiger partial charge in [0, 0.05) is 12.3 Å². The predicted molar refractivity (Wildman–Crippen MR) is 80.8 cm³/mol. The van der Waals surface area contributed by atoms with Crippen molar-refractivity contribution < 1.29 is 13.9 Å². The highest BCUT2D eigenvalue weighted by atomic mass is 19.1. The molecule has 0 unspecified atom stereocenters. The van der Waals surface area contributed by atoms with E-state index in [1.165, 1.54) is 12.1 Å². The number of hydrogen-bond acceptors (Lipinski definition) is 3. The van der Waals surface area contributed by atoms with Crippen LogP contribution in [-0.4, -0.2) is 17.6 Å². The molecular formula is C16H14FN3O2. The minimum Gasteiger partial charge on any atom is -0.479 e. The Morgan fingerprint density at radius 2 is 2.23 bits per heavy atom. The van der Waals surface area contributed by atoms with Crippen LogP contribution in [0.25, 0.3) is 0 Å². The van der Waals surface area contributed by atoms with E-state index in [0.29, 0.717) is 11.4 Å². The number of halogens is 1. The summed E-state index contributed by atoms with van der Waals surface area (Å²) in [6.07, 6.45) is 6.75. The average molecular weight is 299 g/mol. The second-order valence-electron chi connectivity index (χ2n) is 4.26. The molecule has 5 nitrogen and oxygen atoms in total. The van der Waals surface area contributed by atoms with E-state index in [4.69, 9.17) is 11.2 Å². The number of terminal acetylenes is 1. The van der Waals surface area contributed by atoms with E-state index in [1.54, 1.807) is 18.3 Å². The van der Waals surface area contributed by atoms with E-state index < -0.39 is 11.8 Å². The molecule has 0 bridgehead atoms. The number of ether oxygens (including phenoxy) is 1. The zero-order chi connectivity index (χ0) is 15.8. The fourth-order valence-corrected chi connectivity index (χ4v) is 1.69. The van der Waals surface area contributed by atoms with Crippen molar-refractivity contribution >= 4 is 11.7 Å². The quantitative estimate of drug-likeness (QED) is 0.834. The molecule has 2 aromatic rings. The van der Waals surface area contributed by atoms with Gasteiger partial charge in [-0.1, -0.05) is 12.0 Å². The molecule has 0 saturated carbocycles. The molecule has 0 spiro atoms. The first kappa shape index (κ1) is 15.3. The highest BCUT2D eigenvalue weighted by Crippen LogP contribution is 2.25. The van der Waals surface area contributed by atoms with Crippen LogP contribution in [0.4, 0.5) is 14.9 Å². The van der Waals surface area contributed by atoms with Gasteiger partial charge < -0.3 is 15.4 Å². The molecule has 1 heterocycles. The zero-order valence-corrected chi connectivity index (χ0v) is 11.7. The maximum atomic E-state index is 13.3. The molecule has 1 aromatic carbocycles. The van der Waals surface area contributed by atoms with Crippen molar-refractivity contribution in [3.05, 3.63) is 54.1 Å². The number of hydrogen-bond donors (Lipinski definition) is 2. The van der Waals surface area contributed by atoms with Crippen LogP contribution in [0.5, 0.6) is 5.75 Å². The van der Waals surface area contributed by atoms with Crippen molar-refractivity contribution in [3.63, 3.8) is 0 Å². The van der Waals surface area contributed by atoms with Gasteiger partial charge in [0.25, 0.3) is 0 Å². The SMILES string of the molecule is C#CCOc1ccc(F)cc1NC(=O)NCc1ccccn1. The summed E-state index contributed by atoms with van der Waals surface area (Å²) in [5.41, 5.74) is 0.912. The van der Waals surface area contributed by atoms with E-state index in [0.717, 1.165) is 6.07 Å². The van der Waals surface area contributed by atoms with Gasteiger partial charge in [0.05, 0.1) is 17.9 Å². The highest BCUT2D eigenvalue weighted by Gasteiger charge is 2.09. The van der Waals surface area contributed by atoms with E-state index >= 15 is 0 Å². The molecule has 112 valence electrons. The Labute approximate surface area is 127 Å². The Morgan fingerprint density at radius 1 is 1.36 bits per heavy atom. The van der Waals surface area contributed by atoms with E-state index in [-0.39, 0.29) is 18.8 Å². The van der Waals surface area contributed by atoms with Gasteiger partial charge in [0.15, 0.2) is 0 Å². The topological polar surface area (TPSA) is 63.2 Å². The molecule has 22 heavy (non-hydrogen) atoms. The van der Waals surface area contributed by atoms with Gasteiger partial charge in [0.1, 0.15) is 18.2 Å². The van der Waals surface area contributed by atoms with Crippen LogP contribution in [0, 0.1) is 18.2 Å². The average Bonchev–Trinajstić information content (AvgIpc) is 2.53. The van der Waals surface area contributed by atoms with E-state index in [9.17, 15) is 9.18 Å². The van der Waals surface area contributed by atoms with Crippen molar-refractivity contribution in [1.82, 2.24) is 10.3 Å². The summed E-state index contributed by atoms with van der Waals surface area (Å²) in [5.74, 6) is 2.11. The normalized spacial score (nSPS) is 9.64. The number of urea groups is 1. The molecule has 0 atom stereocenters. The fraction of sp³-hybridized carbons (Fsp3) is 0.125. The lowest BCUT2D eigenvalue weighted by Gasteiger charge is -2.12. The van der Waals surface area contributed by atoms with Crippen LogP contribution in [0.3, 0.4) is 0 Å². The third-order valence-corrected chi connectivity index (χ3v) is 2.66. The van der Waals surface area contributed by atoms with E-state index in [2.05, 4.69) is 21.5 Å². The Bertz CT molecular complexity index is 684. The van der Waals surface area contributed by atoms with E-state index in [1.807, 2.05) is 6.07 Å². The second kappa shape index (κ2) is 7.64. The molecule has 1 aromatic heterocycles. The second-order valence-corrected chi connectivity index (χ2v) is 4.26.